The third-order valence-electron chi connectivity index (χ3n) is 6.13. The first-order valence-corrected chi connectivity index (χ1v) is 11.4. The fourth-order valence-electron chi connectivity index (χ4n) is 4.62. The summed E-state index contributed by atoms with van der Waals surface area (Å²) < 4.78 is 6.84. The number of carbonyl (C=O) groups is 1. The zero-order valence-corrected chi connectivity index (χ0v) is 18.6. The molecule has 0 spiro atoms. The van der Waals surface area contributed by atoms with Crippen molar-refractivity contribution >= 4 is 27.5 Å². The molecule has 0 radical (unpaired) electrons. The second kappa shape index (κ2) is 9.31. The highest BCUT2D eigenvalue weighted by Crippen LogP contribution is 2.34. The Morgan fingerprint density at radius 1 is 1.17 bits per heavy atom. The van der Waals surface area contributed by atoms with E-state index in [1.807, 2.05) is 25.1 Å². The molecule has 1 atom stereocenters. The van der Waals surface area contributed by atoms with E-state index in [0.29, 0.717) is 24.9 Å². The summed E-state index contributed by atoms with van der Waals surface area (Å²) in [5.41, 5.74) is 3.61. The lowest BCUT2D eigenvalue weighted by Gasteiger charge is -2.36. The minimum Gasteiger partial charge on any atom is -0.494 e. The monoisotopic (exact) mass is 456 g/mol. The van der Waals surface area contributed by atoms with Crippen LogP contribution in [0.15, 0.2) is 46.9 Å². The molecule has 5 heteroatoms. The van der Waals surface area contributed by atoms with Gasteiger partial charge in [-0.1, -0.05) is 34.1 Å². The molecule has 0 aliphatic carbocycles. The summed E-state index contributed by atoms with van der Waals surface area (Å²) >= 11 is 3.70. The number of benzene rings is 2. The van der Waals surface area contributed by atoms with Crippen LogP contribution in [0.1, 0.15) is 43.2 Å². The molecule has 2 heterocycles. The van der Waals surface area contributed by atoms with Crippen LogP contribution in [0.3, 0.4) is 0 Å². The topological polar surface area (TPSA) is 41.6 Å². The summed E-state index contributed by atoms with van der Waals surface area (Å²) in [5.74, 6) is 2.09. The number of hydrogen-bond donors (Lipinski definition) is 1. The van der Waals surface area contributed by atoms with Crippen LogP contribution in [0.25, 0.3) is 0 Å². The maximum atomic E-state index is 12.1. The molecule has 4 rings (SSSR count). The maximum absolute atomic E-state index is 12.1. The smallest absolute Gasteiger partial charge is 0.225 e. The van der Waals surface area contributed by atoms with Crippen molar-refractivity contribution in [2.75, 3.05) is 31.6 Å². The number of halogens is 1. The molecular weight excluding hydrogens is 428 g/mol. The number of likely N-dealkylation sites (tertiary alicyclic amines) is 1. The Morgan fingerprint density at radius 3 is 2.76 bits per heavy atom. The van der Waals surface area contributed by atoms with Gasteiger partial charge in [0.2, 0.25) is 5.91 Å². The first-order chi connectivity index (χ1) is 14.1. The molecule has 1 amide bonds. The van der Waals surface area contributed by atoms with E-state index >= 15 is 0 Å². The zero-order valence-electron chi connectivity index (χ0n) is 17.0. The van der Waals surface area contributed by atoms with Gasteiger partial charge in [0.25, 0.3) is 0 Å². The molecule has 0 bridgehead atoms. The van der Waals surface area contributed by atoms with Gasteiger partial charge in [-0.25, -0.2) is 0 Å². The van der Waals surface area contributed by atoms with E-state index in [1.165, 1.54) is 28.4 Å². The maximum Gasteiger partial charge on any atom is 0.225 e. The molecule has 0 aromatic heterocycles. The Hall–Kier alpha value is -1.85. The molecule has 4 nitrogen and oxygen atoms in total. The van der Waals surface area contributed by atoms with Crippen molar-refractivity contribution in [2.24, 2.45) is 5.92 Å². The number of amides is 1. The highest BCUT2D eigenvalue weighted by Gasteiger charge is 2.28. The van der Waals surface area contributed by atoms with Crippen LogP contribution >= 0.6 is 15.9 Å². The summed E-state index contributed by atoms with van der Waals surface area (Å²) in [6, 6.07) is 14.5. The van der Waals surface area contributed by atoms with Gasteiger partial charge in [-0.3, -0.25) is 4.79 Å². The van der Waals surface area contributed by atoms with E-state index in [2.05, 4.69) is 50.4 Å². The molecule has 1 saturated heterocycles. The number of fused-ring (bicyclic) bond motifs is 1. The fraction of sp³-hybridized carbons (Fsp3) is 0.458. The van der Waals surface area contributed by atoms with Gasteiger partial charge in [-0.05, 0) is 80.6 Å². The summed E-state index contributed by atoms with van der Waals surface area (Å²) in [6.45, 7) is 5.90. The highest BCUT2D eigenvalue weighted by molar-refractivity contribution is 9.10. The van der Waals surface area contributed by atoms with Crippen LogP contribution in [-0.4, -0.2) is 37.0 Å². The molecule has 1 unspecified atom stereocenters. The lowest BCUT2D eigenvalue weighted by molar-refractivity contribution is -0.117. The number of anilines is 1. The average molecular weight is 457 g/mol. The van der Waals surface area contributed by atoms with E-state index in [4.69, 9.17) is 4.74 Å². The van der Waals surface area contributed by atoms with Crippen LogP contribution < -0.4 is 10.1 Å². The summed E-state index contributed by atoms with van der Waals surface area (Å²) in [6.07, 6.45) is 4.08. The number of para-hydroxylation sites is 1. The number of rotatable bonds is 6. The Kier molecular flexibility index (Phi) is 6.56. The largest absolute Gasteiger partial charge is 0.494 e. The predicted molar refractivity (Wildman–Crippen MR) is 121 cm³/mol. The molecule has 2 aromatic carbocycles. The van der Waals surface area contributed by atoms with Gasteiger partial charge >= 0.3 is 0 Å². The van der Waals surface area contributed by atoms with Crippen molar-refractivity contribution in [2.45, 2.75) is 38.5 Å². The highest BCUT2D eigenvalue weighted by atomic mass is 79.9. The molecule has 2 aliphatic heterocycles. The number of nitrogens with one attached hydrogen (secondary N) is 1. The quantitative estimate of drug-likeness (QED) is 0.646. The van der Waals surface area contributed by atoms with Crippen molar-refractivity contribution in [1.82, 2.24) is 4.90 Å². The molecule has 1 fully saturated rings. The van der Waals surface area contributed by atoms with Crippen LogP contribution in [0.5, 0.6) is 5.75 Å². The van der Waals surface area contributed by atoms with Crippen LogP contribution in [0.2, 0.25) is 0 Å². The molecule has 0 saturated carbocycles. The van der Waals surface area contributed by atoms with E-state index in [0.717, 1.165) is 37.5 Å². The van der Waals surface area contributed by atoms with Gasteiger partial charge in [0.15, 0.2) is 0 Å². The van der Waals surface area contributed by atoms with Crippen molar-refractivity contribution in [3.63, 3.8) is 0 Å². The first kappa shape index (κ1) is 20.4. The molecule has 1 N–H and O–H groups in total. The van der Waals surface area contributed by atoms with Gasteiger partial charge in [0, 0.05) is 29.0 Å². The Balaban J connectivity index is 1.34. The van der Waals surface area contributed by atoms with Crippen LogP contribution in [0.4, 0.5) is 5.69 Å². The number of piperidine rings is 1. The number of carbonyl (C=O) groups excluding carboxylic acids is 1. The van der Waals surface area contributed by atoms with Gasteiger partial charge in [0.1, 0.15) is 5.75 Å². The van der Waals surface area contributed by atoms with Crippen molar-refractivity contribution in [3.8, 4) is 5.75 Å². The minimum atomic E-state index is 0.141. The molecule has 29 heavy (non-hydrogen) atoms. The standard InChI is InChI=1S/C24H29BrN2O2/c1-2-29-20-7-8-22(25)18(14-20)13-17-9-11-27(12-10-17)16-19-15-24(28)26-23-6-4-3-5-21(19)23/h3-8,14,17,19H,2,9-13,15-16H2,1H3,(H,26,28). The van der Waals surface area contributed by atoms with E-state index in [-0.39, 0.29) is 5.91 Å². The van der Waals surface area contributed by atoms with E-state index in [9.17, 15) is 4.79 Å². The first-order valence-electron chi connectivity index (χ1n) is 10.6. The van der Waals surface area contributed by atoms with Crippen LogP contribution in [-0.2, 0) is 11.2 Å². The predicted octanol–water partition coefficient (Wildman–Crippen LogP) is 5.23. The normalized spacial score (nSPS) is 20.2. The van der Waals surface area contributed by atoms with Crippen LogP contribution in [0, 0.1) is 5.92 Å². The number of nitrogens with zero attached hydrogens (tertiary/aromatic N) is 1. The van der Waals surface area contributed by atoms with Gasteiger partial charge < -0.3 is 15.0 Å². The second-order valence-electron chi connectivity index (χ2n) is 8.17. The SMILES string of the molecule is CCOc1ccc(Br)c(CC2CCN(CC3CC(=O)Nc4ccccc43)CC2)c1. The molecular formula is C24H29BrN2O2. The Morgan fingerprint density at radius 2 is 1.97 bits per heavy atom. The molecule has 2 aromatic rings. The van der Waals surface area contributed by atoms with Crippen molar-refractivity contribution in [1.29, 1.82) is 0 Å². The minimum absolute atomic E-state index is 0.141. The van der Waals surface area contributed by atoms with E-state index < -0.39 is 0 Å². The number of hydrogen-bond acceptors (Lipinski definition) is 3. The molecule has 2 aliphatic rings. The average Bonchev–Trinajstić information content (AvgIpc) is 2.72. The van der Waals surface area contributed by atoms with E-state index in [1.54, 1.807) is 0 Å². The summed E-state index contributed by atoms with van der Waals surface area (Å²) in [7, 11) is 0. The second-order valence-corrected chi connectivity index (χ2v) is 9.03. The lowest BCUT2D eigenvalue weighted by atomic mass is 9.87. The number of ether oxygens (including phenoxy) is 1. The lowest BCUT2D eigenvalue weighted by Crippen LogP contribution is -2.39. The fourth-order valence-corrected chi connectivity index (χ4v) is 5.03. The summed E-state index contributed by atoms with van der Waals surface area (Å²) in [4.78, 5) is 14.6. The Labute approximate surface area is 181 Å². The Bertz CT molecular complexity index is 862. The molecule has 154 valence electrons. The van der Waals surface area contributed by atoms with Gasteiger partial charge in [-0.2, -0.15) is 0 Å². The van der Waals surface area contributed by atoms with Gasteiger partial charge in [0.05, 0.1) is 6.61 Å². The van der Waals surface area contributed by atoms with Crippen molar-refractivity contribution in [3.05, 3.63) is 58.1 Å². The van der Waals surface area contributed by atoms with Crippen molar-refractivity contribution < 1.29 is 9.53 Å². The van der Waals surface area contributed by atoms with Gasteiger partial charge in [-0.15, -0.1) is 0 Å². The summed E-state index contributed by atoms with van der Waals surface area (Å²) in [5, 5.41) is 3.01. The third kappa shape index (κ3) is 5.01. The zero-order chi connectivity index (χ0) is 20.2. The third-order valence-corrected chi connectivity index (χ3v) is 6.90.